The van der Waals surface area contributed by atoms with Gasteiger partial charge in [0.05, 0.1) is 12.0 Å². The quantitative estimate of drug-likeness (QED) is 0.674. The van der Waals surface area contributed by atoms with Crippen LogP contribution < -0.4 is 10.1 Å². The fourth-order valence-corrected chi connectivity index (χ4v) is 2.26. The molecule has 1 heterocycles. The molecule has 0 aromatic heterocycles. The topological polar surface area (TPSA) is 84.7 Å². The number of carbonyl (C=O) groups is 1. The molecule has 0 aliphatic carbocycles. The molecule has 0 unspecified atom stereocenters. The number of hydrogen-bond acceptors (Lipinski definition) is 5. The summed E-state index contributed by atoms with van der Waals surface area (Å²) in [6, 6.07) is 4.44. The third kappa shape index (κ3) is 3.83. The summed E-state index contributed by atoms with van der Waals surface area (Å²) in [7, 11) is 1.35. The second-order valence-corrected chi connectivity index (χ2v) is 4.75. The zero-order valence-corrected chi connectivity index (χ0v) is 12.7. The van der Waals surface area contributed by atoms with E-state index in [0.29, 0.717) is 18.7 Å². The Morgan fingerprint density at radius 3 is 2.81 bits per heavy atom. The molecule has 21 heavy (non-hydrogen) atoms. The van der Waals surface area contributed by atoms with E-state index in [1.54, 1.807) is 4.90 Å². The Hall–Kier alpha value is -1.86. The van der Waals surface area contributed by atoms with E-state index in [-0.39, 0.29) is 35.8 Å². The van der Waals surface area contributed by atoms with Crippen molar-refractivity contribution in [3.05, 3.63) is 33.9 Å². The summed E-state index contributed by atoms with van der Waals surface area (Å²) < 4.78 is 4.98. The summed E-state index contributed by atoms with van der Waals surface area (Å²) in [6.45, 7) is 4.01. The van der Waals surface area contributed by atoms with Crippen LogP contribution in [-0.2, 0) is 0 Å². The minimum absolute atomic E-state index is 0. The zero-order chi connectivity index (χ0) is 14.7. The van der Waals surface area contributed by atoms with E-state index < -0.39 is 4.92 Å². The molecule has 0 bridgehead atoms. The second-order valence-electron chi connectivity index (χ2n) is 4.75. The Kier molecular flexibility index (Phi) is 5.92. The lowest BCUT2D eigenvalue weighted by molar-refractivity contribution is -0.385. The number of halogens is 1. The smallest absolute Gasteiger partial charge is 0.310 e. The molecule has 1 atom stereocenters. The molecule has 0 spiro atoms. The third-order valence-corrected chi connectivity index (χ3v) is 3.28. The van der Waals surface area contributed by atoms with Crippen molar-refractivity contribution in [1.82, 2.24) is 10.2 Å². The van der Waals surface area contributed by atoms with E-state index in [0.717, 1.165) is 6.54 Å². The van der Waals surface area contributed by atoms with Crippen LogP contribution in [0.3, 0.4) is 0 Å². The van der Waals surface area contributed by atoms with Crippen molar-refractivity contribution >= 4 is 24.0 Å². The highest BCUT2D eigenvalue weighted by atomic mass is 35.5. The molecule has 7 nitrogen and oxygen atoms in total. The lowest BCUT2D eigenvalue weighted by atomic mass is 10.1. The average molecular weight is 316 g/mol. The highest BCUT2D eigenvalue weighted by Crippen LogP contribution is 2.28. The molecule has 116 valence electrons. The van der Waals surface area contributed by atoms with Gasteiger partial charge in [0.25, 0.3) is 5.91 Å². The highest BCUT2D eigenvalue weighted by molar-refractivity contribution is 5.95. The summed E-state index contributed by atoms with van der Waals surface area (Å²) in [5.41, 5.74) is 0.263. The maximum atomic E-state index is 12.4. The van der Waals surface area contributed by atoms with Gasteiger partial charge in [0.2, 0.25) is 0 Å². The summed E-state index contributed by atoms with van der Waals surface area (Å²) >= 11 is 0. The molecule has 1 aromatic rings. The first kappa shape index (κ1) is 17.2. The van der Waals surface area contributed by atoms with Crippen molar-refractivity contribution in [2.75, 3.05) is 26.7 Å². The predicted octanol–water partition coefficient (Wildman–Crippen LogP) is 1.46. The van der Waals surface area contributed by atoms with Crippen molar-refractivity contribution in [2.24, 2.45) is 0 Å². The Balaban J connectivity index is 0.00000220. The van der Waals surface area contributed by atoms with Crippen molar-refractivity contribution in [3.63, 3.8) is 0 Å². The number of benzene rings is 1. The number of amides is 1. The van der Waals surface area contributed by atoms with Gasteiger partial charge in [-0.1, -0.05) is 0 Å². The lowest BCUT2D eigenvalue weighted by Gasteiger charge is -2.32. The van der Waals surface area contributed by atoms with Crippen LogP contribution >= 0.6 is 12.4 Å². The number of rotatable bonds is 3. The summed E-state index contributed by atoms with van der Waals surface area (Å²) in [5.74, 6) is -0.0319. The van der Waals surface area contributed by atoms with E-state index in [1.165, 1.54) is 25.3 Å². The fourth-order valence-electron chi connectivity index (χ4n) is 2.26. The summed E-state index contributed by atoms with van der Waals surface area (Å²) in [5, 5.41) is 14.1. The van der Waals surface area contributed by atoms with Crippen LogP contribution in [-0.4, -0.2) is 48.5 Å². The van der Waals surface area contributed by atoms with Crippen LogP contribution in [0.1, 0.15) is 17.3 Å². The van der Waals surface area contributed by atoms with Gasteiger partial charge in [-0.15, -0.1) is 12.4 Å². The standard InChI is InChI=1S/C13H17N3O4.ClH/c1-9-8-15(6-5-14-9)13(17)10-3-4-11(16(18)19)12(7-10)20-2;/h3-4,7,9,14H,5-6,8H2,1-2H3;1H/t9-;/m0./s1. The van der Waals surface area contributed by atoms with Gasteiger partial charge in [-0.2, -0.15) is 0 Å². The molecular weight excluding hydrogens is 298 g/mol. The molecule has 2 rings (SSSR count). The van der Waals surface area contributed by atoms with Crippen molar-refractivity contribution in [3.8, 4) is 5.75 Å². The maximum absolute atomic E-state index is 12.4. The molecular formula is C13H18ClN3O4. The van der Waals surface area contributed by atoms with E-state index in [9.17, 15) is 14.9 Å². The number of ether oxygens (including phenoxy) is 1. The van der Waals surface area contributed by atoms with Gasteiger partial charge in [-0.05, 0) is 13.0 Å². The largest absolute Gasteiger partial charge is 0.490 e. The van der Waals surface area contributed by atoms with Crippen LogP contribution in [0.2, 0.25) is 0 Å². The fraction of sp³-hybridized carbons (Fsp3) is 0.462. The number of nitrogens with one attached hydrogen (secondary N) is 1. The molecule has 8 heteroatoms. The SMILES string of the molecule is COc1cc(C(=O)N2CCN[C@@H](C)C2)ccc1[N+](=O)[O-].Cl. The molecule has 1 amide bonds. The van der Waals surface area contributed by atoms with Crippen molar-refractivity contribution in [1.29, 1.82) is 0 Å². The monoisotopic (exact) mass is 315 g/mol. The van der Waals surface area contributed by atoms with Crippen molar-refractivity contribution in [2.45, 2.75) is 13.0 Å². The minimum atomic E-state index is -0.528. The number of carbonyl (C=O) groups excluding carboxylic acids is 1. The van der Waals surface area contributed by atoms with Crippen LogP contribution in [0.25, 0.3) is 0 Å². The van der Waals surface area contributed by atoms with Crippen LogP contribution in [0.15, 0.2) is 18.2 Å². The molecule has 1 saturated heterocycles. The molecule has 0 saturated carbocycles. The van der Waals surface area contributed by atoms with Gasteiger partial charge >= 0.3 is 5.69 Å². The zero-order valence-electron chi connectivity index (χ0n) is 11.9. The first-order chi connectivity index (χ1) is 9.52. The molecule has 1 aromatic carbocycles. The molecule has 1 aliphatic rings. The van der Waals surface area contributed by atoms with Crippen LogP contribution in [0.5, 0.6) is 5.75 Å². The highest BCUT2D eigenvalue weighted by Gasteiger charge is 2.24. The molecule has 0 radical (unpaired) electrons. The van der Waals surface area contributed by atoms with E-state index in [1.807, 2.05) is 6.92 Å². The van der Waals surface area contributed by atoms with Gasteiger partial charge in [-0.3, -0.25) is 14.9 Å². The first-order valence-electron chi connectivity index (χ1n) is 6.38. The van der Waals surface area contributed by atoms with E-state index in [2.05, 4.69) is 5.32 Å². The van der Waals surface area contributed by atoms with Gasteiger partial charge in [0.15, 0.2) is 5.75 Å². The summed E-state index contributed by atoms with van der Waals surface area (Å²) in [4.78, 5) is 24.4. The van der Waals surface area contributed by atoms with Gasteiger partial charge < -0.3 is 15.0 Å². The number of hydrogen-bond donors (Lipinski definition) is 1. The van der Waals surface area contributed by atoms with Crippen molar-refractivity contribution < 1.29 is 14.5 Å². The molecule has 1 N–H and O–H groups in total. The van der Waals surface area contributed by atoms with Gasteiger partial charge in [0, 0.05) is 43.4 Å². The molecule has 1 aliphatic heterocycles. The van der Waals surface area contributed by atoms with E-state index >= 15 is 0 Å². The number of nitro benzene ring substituents is 1. The number of piperazine rings is 1. The Bertz CT molecular complexity index is 538. The number of nitro groups is 1. The van der Waals surface area contributed by atoms with Gasteiger partial charge in [-0.25, -0.2) is 0 Å². The normalized spacial score (nSPS) is 17.8. The first-order valence-corrected chi connectivity index (χ1v) is 6.38. The Labute approximate surface area is 128 Å². The average Bonchev–Trinajstić information content (AvgIpc) is 2.45. The van der Waals surface area contributed by atoms with Crippen LogP contribution in [0.4, 0.5) is 5.69 Å². The molecule has 1 fully saturated rings. The van der Waals surface area contributed by atoms with E-state index in [4.69, 9.17) is 4.74 Å². The predicted molar refractivity (Wildman–Crippen MR) is 80.3 cm³/mol. The number of methoxy groups -OCH3 is 1. The Morgan fingerprint density at radius 2 is 2.24 bits per heavy atom. The minimum Gasteiger partial charge on any atom is -0.490 e. The second kappa shape index (κ2) is 7.24. The van der Waals surface area contributed by atoms with Gasteiger partial charge in [0.1, 0.15) is 0 Å². The van der Waals surface area contributed by atoms with Crippen LogP contribution in [0, 0.1) is 10.1 Å². The lowest BCUT2D eigenvalue weighted by Crippen LogP contribution is -2.51. The third-order valence-electron chi connectivity index (χ3n) is 3.28. The summed E-state index contributed by atoms with van der Waals surface area (Å²) in [6.07, 6.45) is 0. The number of nitrogens with zero attached hydrogens (tertiary/aromatic N) is 2. The Morgan fingerprint density at radius 1 is 1.52 bits per heavy atom. The maximum Gasteiger partial charge on any atom is 0.310 e.